The number of hydrogen-bond donors (Lipinski definition) is 1. The van der Waals surface area contributed by atoms with Crippen LogP contribution in [0.3, 0.4) is 0 Å². The Balaban J connectivity index is 1.64. The lowest BCUT2D eigenvalue weighted by atomic mass is 10.2. The van der Waals surface area contributed by atoms with Crippen LogP contribution in [0.4, 0.5) is 0 Å². The lowest BCUT2D eigenvalue weighted by Gasteiger charge is -2.10. The van der Waals surface area contributed by atoms with Crippen molar-refractivity contribution >= 4 is 5.91 Å². The third-order valence-electron chi connectivity index (χ3n) is 3.41. The highest BCUT2D eigenvalue weighted by atomic mass is 16.5. The fourth-order valence-electron chi connectivity index (χ4n) is 2.21. The second kappa shape index (κ2) is 6.95. The third kappa shape index (κ3) is 3.60. The van der Waals surface area contributed by atoms with Crippen LogP contribution in [-0.2, 0) is 11.3 Å². The van der Waals surface area contributed by atoms with Crippen LogP contribution in [0.5, 0.6) is 5.75 Å². The van der Waals surface area contributed by atoms with E-state index in [1.54, 1.807) is 31.6 Å². The number of benzene rings is 1. The van der Waals surface area contributed by atoms with Gasteiger partial charge in [-0.05, 0) is 36.4 Å². The van der Waals surface area contributed by atoms with Crippen molar-refractivity contribution in [3.05, 3.63) is 48.4 Å². The summed E-state index contributed by atoms with van der Waals surface area (Å²) in [7, 11) is 1.59. The Morgan fingerprint density at radius 1 is 1.38 bits per heavy atom. The van der Waals surface area contributed by atoms with Gasteiger partial charge in [0.2, 0.25) is 11.7 Å². The van der Waals surface area contributed by atoms with Gasteiger partial charge >= 0.3 is 0 Å². The molecule has 3 aromatic rings. The van der Waals surface area contributed by atoms with Crippen molar-refractivity contribution in [3.63, 3.8) is 0 Å². The minimum Gasteiger partial charge on any atom is -0.497 e. The number of rotatable bonds is 6. The minimum absolute atomic E-state index is 0.0258. The highest BCUT2D eigenvalue weighted by Gasteiger charge is 2.14. The summed E-state index contributed by atoms with van der Waals surface area (Å²) in [4.78, 5) is 13.3. The van der Waals surface area contributed by atoms with E-state index < -0.39 is 0 Å². The Kier molecular flexibility index (Phi) is 4.55. The van der Waals surface area contributed by atoms with Gasteiger partial charge in [0.15, 0.2) is 0 Å². The maximum absolute atomic E-state index is 12.1. The van der Waals surface area contributed by atoms with Crippen LogP contribution in [0.1, 0.15) is 18.7 Å². The molecule has 2 aromatic heterocycles. The first-order valence-electron chi connectivity index (χ1n) is 7.40. The Morgan fingerprint density at radius 2 is 2.25 bits per heavy atom. The van der Waals surface area contributed by atoms with Crippen molar-refractivity contribution in [2.75, 3.05) is 7.11 Å². The van der Waals surface area contributed by atoms with Crippen molar-refractivity contribution in [3.8, 4) is 17.1 Å². The number of nitrogens with one attached hydrogen (secondary N) is 1. The van der Waals surface area contributed by atoms with Crippen LogP contribution in [0, 0.1) is 0 Å². The smallest absolute Gasteiger partial charge is 0.244 e. The highest BCUT2D eigenvalue weighted by molar-refractivity contribution is 5.75. The van der Waals surface area contributed by atoms with Crippen molar-refractivity contribution < 1.29 is 13.9 Å². The molecule has 8 nitrogen and oxygen atoms in total. The van der Waals surface area contributed by atoms with E-state index in [0.29, 0.717) is 17.3 Å². The molecule has 2 heterocycles. The lowest BCUT2D eigenvalue weighted by molar-refractivity contribution is -0.122. The molecule has 1 amide bonds. The zero-order valence-electron chi connectivity index (χ0n) is 13.3. The molecule has 0 bridgehead atoms. The Hall–Kier alpha value is -3.16. The van der Waals surface area contributed by atoms with Gasteiger partial charge < -0.3 is 14.5 Å². The van der Waals surface area contributed by atoms with Crippen molar-refractivity contribution in [1.82, 2.24) is 25.5 Å². The van der Waals surface area contributed by atoms with Gasteiger partial charge in [0.05, 0.1) is 19.4 Å². The Morgan fingerprint density at radius 3 is 3.00 bits per heavy atom. The summed E-state index contributed by atoms with van der Waals surface area (Å²) in [6.45, 7) is 1.81. The second-order valence-electron chi connectivity index (χ2n) is 5.18. The van der Waals surface area contributed by atoms with Crippen molar-refractivity contribution in [2.45, 2.75) is 19.5 Å². The molecule has 0 unspecified atom stereocenters. The molecule has 1 aromatic carbocycles. The molecule has 0 aliphatic carbocycles. The van der Waals surface area contributed by atoms with E-state index in [9.17, 15) is 4.79 Å². The number of carbonyl (C=O) groups excluding carboxylic acids is 1. The van der Waals surface area contributed by atoms with Crippen LogP contribution in [-0.4, -0.2) is 33.2 Å². The van der Waals surface area contributed by atoms with Crippen LogP contribution in [0.25, 0.3) is 11.4 Å². The molecule has 8 heteroatoms. The number of furan rings is 1. The normalized spacial score (nSPS) is 11.9. The first-order chi connectivity index (χ1) is 11.7. The quantitative estimate of drug-likeness (QED) is 0.742. The van der Waals surface area contributed by atoms with E-state index in [1.165, 1.54) is 4.80 Å². The lowest BCUT2D eigenvalue weighted by Crippen LogP contribution is -2.30. The molecular formula is C16H17N5O3. The van der Waals surface area contributed by atoms with E-state index in [0.717, 1.165) is 5.56 Å². The SMILES string of the molecule is COc1cccc(-c2nnn(CC(=O)N[C@H](C)c3ccco3)n2)c1. The van der Waals surface area contributed by atoms with Gasteiger partial charge in [-0.25, -0.2) is 0 Å². The Bertz CT molecular complexity index is 813. The molecule has 0 saturated carbocycles. The van der Waals surface area contributed by atoms with Crippen molar-refractivity contribution in [2.24, 2.45) is 0 Å². The van der Waals surface area contributed by atoms with Gasteiger partial charge in [-0.15, -0.1) is 10.2 Å². The molecule has 24 heavy (non-hydrogen) atoms. The van der Waals surface area contributed by atoms with Crippen LogP contribution in [0.2, 0.25) is 0 Å². The zero-order valence-corrected chi connectivity index (χ0v) is 13.3. The van der Waals surface area contributed by atoms with E-state index in [2.05, 4.69) is 20.7 Å². The summed E-state index contributed by atoms with van der Waals surface area (Å²) >= 11 is 0. The highest BCUT2D eigenvalue weighted by Crippen LogP contribution is 2.19. The largest absolute Gasteiger partial charge is 0.497 e. The third-order valence-corrected chi connectivity index (χ3v) is 3.41. The molecular weight excluding hydrogens is 310 g/mol. The minimum atomic E-state index is -0.228. The summed E-state index contributed by atoms with van der Waals surface area (Å²) < 4.78 is 10.4. The van der Waals surface area contributed by atoms with Gasteiger partial charge in [0.1, 0.15) is 18.1 Å². The van der Waals surface area contributed by atoms with E-state index in [1.807, 2.05) is 25.1 Å². The maximum Gasteiger partial charge on any atom is 0.244 e. The second-order valence-corrected chi connectivity index (χ2v) is 5.18. The number of tetrazole rings is 1. The summed E-state index contributed by atoms with van der Waals surface area (Å²) in [6.07, 6.45) is 1.57. The summed E-state index contributed by atoms with van der Waals surface area (Å²) in [5.41, 5.74) is 0.768. The molecule has 0 aliphatic rings. The average molecular weight is 327 g/mol. The van der Waals surface area contributed by atoms with E-state index in [4.69, 9.17) is 9.15 Å². The number of hydrogen-bond acceptors (Lipinski definition) is 6. The van der Waals surface area contributed by atoms with Crippen molar-refractivity contribution in [1.29, 1.82) is 0 Å². The van der Waals surface area contributed by atoms with Gasteiger partial charge in [-0.1, -0.05) is 12.1 Å². The van der Waals surface area contributed by atoms with Gasteiger partial charge in [-0.3, -0.25) is 4.79 Å². The summed E-state index contributed by atoms with van der Waals surface area (Å²) in [5.74, 6) is 1.59. The number of amides is 1. The molecule has 124 valence electrons. The number of carbonyl (C=O) groups is 1. The van der Waals surface area contributed by atoms with E-state index >= 15 is 0 Å². The molecule has 1 atom stereocenters. The van der Waals surface area contributed by atoms with Gasteiger partial charge in [0, 0.05) is 5.56 Å². The molecule has 0 fully saturated rings. The van der Waals surface area contributed by atoms with Crippen LogP contribution in [0.15, 0.2) is 47.1 Å². The Labute approximate surface area is 138 Å². The summed E-state index contributed by atoms with van der Waals surface area (Å²) in [6, 6.07) is 10.7. The number of nitrogens with zero attached hydrogens (tertiary/aromatic N) is 4. The molecule has 3 rings (SSSR count). The monoisotopic (exact) mass is 327 g/mol. The van der Waals surface area contributed by atoms with Gasteiger partial charge in [-0.2, -0.15) is 4.80 Å². The fraction of sp³-hybridized carbons (Fsp3) is 0.250. The molecule has 0 radical (unpaired) electrons. The number of aromatic nitrogens is 4. The topological polar surface area (TPSA) is 95.1 Å². The average Bonchev–Trinajstić information content (AvgIpc) is 3.26. The molecule has 0 saturated heterocycles. The fourth-order valence-corrected chi connectivity index (χ4v) is 2.21. The predicted octanol–water partition coefficient (Wildman–Crippen LogP) is 1.82. The van der Waals surface area contributed by atoms with Gasteiger partial charge in [0.25, 0.3) is 0 Å². The number of ether oxygens (including phenoxy) is 1. The summed E-state index contributed by atoms with van der Waals surface area (Å²) in [5, 5.41) is 14.9. The van der Waals surface area contributed by atoms with Crippen LogP contribution >= 0.6 is 0 Å². The maximum atomic E-state index is 12.1. The molecule has 1 N–H and O–H groups in total. The first kappa shape index (κ1) is 15.7. The molecule has 0 spiro atoms. The first-order valence-corrected chi connectivity index (χ1v) is 7.40. The molecule has 0 aliphatic heterocycles. The zero-order chi connectivity index (χ0) is 16.9. The van der Waals surface area contributed by atoms with Crippen LogP contribution < -0.4 is 10.1 Å². The standard InChI is InChI=1S/C16H17N5O3/c1-11(14-7-4-8-24-14)17-15(22)10-21-19-16(18-20-21)12-5-3-6-13(9-12)23-2/h3-9,11H,10H2,1-2H3,(H,17,22)/t11-/m1/s1. The van der Waals surface area contributed by atoms with E-state index in [-0.39, 0.29) is 18.5 Å². The number of methoxy groups -OCH3 is 1. The predicted molar refractivity (Wildman–Crippen MR) is 85.1 cm³/mol.